The van der Waals surface area contributed by atoms with Crippen LogP contribution in [0.2, 0.25) is 0 Å². The summed E-state index contributed by atoms with van der Waals surface area (Å²) in [6.07, 6.45) is 9.99. The number of aromatic nitrogens is 1. The lowest BCUT2D eigenvalue weighted by Crippen LogP contribution is -2.50. The van der Waals surface area contributed by atoms with Crippen LogP contribution in [0.15, 0.2) is 30.5 Å². The maximum Gasteiger partial charge on any atom is 0.407 e. The van der Waals surface area contributed by atoms with Crippen molar-refractivity contribution in [3.05, 3.63) is 36.0 Å². The van der Waals surface area contributed by atoms with E-state index >= 15 is 0 Å². The minimum absolute atomic E-state index is 0.0186. The molecule has 0 bridgehead atoms. The van der Waals surface area contributed by atoms with Gasteiger partial charge in [0.1, 0.15) is 6.04 Å². The molecule has 6 heteroatoms. The van der Waals surface area contributed by atoms with E-state index in [4.69, 9.17) is 4.74 Å². The van der Waals surface area contributed by atoms with Crippen molar-refractivity contribution in [2.24, 2.45) is 0 Å². The molecule has 1 heterocycles. The lowest BCUT2D eigenvalue weighted by atomic mass is 10.0. The Morgan fingerprint density at radius 1 is 0.969 bits per heavy atom. The molecule has 0 radical (unpaired) electrons. The minimum Gasteiger partial charge on any atom is -0.450 e. The van der Waals surface area contributed by atoms with Crippen molar-refractivity contribution in [2.45, 2.75) is 84.6 Å². The first-order valence-electron chi connectivity index (χ1n) is 12.4. The number of carbonyl (C=O) groups excluding carboxylic acids is 2. The van der Waals surface area contributed by atoms with Crippen LogP contribution in [0.1, 0.15) is 77.7 Å². The average molecular weight is 444 g/mol. The molecule has 178 valence electrons. The zero-order chi connectivity index (χ0) is 23.2. The number of carbonyl (C=O) groups is 2. The SMILES string of the molecule is CCCCCN(CCCCC)C(=O)[C@H](Cc1c[nH]c2ccccc12)NC(=O)OCCCC. The molecular weight excluding hydrogens is 402 g/mol. The molecule has 0 unspecified atom stereocenters. The van der Waals surface area contributed by atoms with Gasteiger partial charge in [-0.15, -0.1) is 0 Å². The molecule has 2 rings (SSSR count). The largest absolute Gasteiger partial charge is 0.450 e. The highest BCUT2D eigenvalue weighted by Gasteiger charge is 2.27. The number of hydrogen-bond donors (Lipinski definition) is 2. The summed E-state index contributed by atoms with van der Waals surface area (Å²) in [5.74, 6) is -0.0186. The van der Waals surface area contributed by atoms with Crippen LogP contribution < -0.4 is 5.32 Å². The number of fused-ring (bicyclic) bond motifs is 1. The van der Waals surface area contributed by atoms with Crippen LogP contribution >= 0.6 is 0 Å². The van der Waals surface area contributed by atoms with Crippen LogP contribution in [-0.2, 0) is 16.0 Å². The predicted molar refractivity (Wildman–Crippen MR) is 131 cm³/mol. The molecule has 2 aromatic rings. The Hall–Kier alpha value is -2.50. The molecule has 1 aromatic carbocycles. The molecule has 0 saturated heterocycles. The fraction of sp³-hybridized carbons (Fsp3) is 0.615. The first-order chi connectivity index (χ1) is 15.6. The normalized spacial score (nSPS) is 12.0. The number of benzene rings is 1. The van der Waals surface area contributed by atoms with Gasteiger partial charge < -0.3 is 19.9 Å². The molecule has 2 N–H and O–H groups in total. The standard InChI is InChI=1S/C26H41N3O3/c1-4-7-12-16-29(17-13-8-5-2)25(30)24(28-26(31)32-18-9-6-3)19-21-20-27-23-15-11-10-14-22(21)23/h10-11,14-15,20,24,27H,4-9,12-13,16-19H2,1-3H3,(H,28,31)/t24-/m0/s1. The van der Waals surface area contributed by atoms with Crippen molar-refractivity contribution in [3.8, 4) is 0 Å². The van der Waals surface area contributed by atoms with Gasteiger partial charge in [-0.05, 0) is 30.9 Å². The van der Waals surface area contributed by atoms with Gasteiger partial charge in [-0.1, -0.05) is 71.1 Å². The van der Waals surface area contributed by atoms with E-state index in [-0.39, 0.29) is 5.91 Å². The molecule has 0 aliphatic rings. The average Bonchev–Trinajstić information content (AvgIpc) is 3.20. The van der Waals surface area contributed by atoms with Crippen LogP contribution in [0.5, 0.6) is 0 Å². The number of rotatable bonds is 15. The highest BCUT2D eigenvalue weighted by atomic mass is 16.5. The van der Waals surface area contributed by atoms with Crippen molar-refractivity contribution in [3.63, 3.8) is 0 Å². The van der Waals surface area contributed by atoms with E-state index in [1.54, 1.807) is 0 Å². The Balaban J connectivity index is 2.18. The molecule has 32 heavy (non-hydrogen) atoms. The summed E-state index contributed by atoms with van der Waals surface area (Å²) in [4.78, 5) is 31.3. The van der Waals surface area contributed by atoms with Gasteiger partial charge in [0, 0.05) is 36.6 Å². The number of amides is 2. The lowest BCUT2D eigenvalue weighted by molar-refractivity contribution is -0.133. The molecule has 0 saturated carbocycles. The molecule has 0 fully saturated rings. The second kappa shape index (κ2) is 14.5. The quantitative estimate of drug-likeness (QED) is 0.341. The Kier molecular flexibility index (Phi) is 11.7. The fourth-order valence-electron chi connectivity index (χ4n) is 3.87. The number of nitrogens with one attached hydrogen (secondary N) is 2. The van der Waals surface area contributed by atoms with E-state index in [9.17, 15) is 9.59 Å². The Morgan fingerprint density at radius 3 is 2.28 bits per heavy atom. The van der Waals surface area contributed by atoms with Gasteiger partial charge in [0.2, 0.25) is 5.91 Å². The number of unbranched alkanes of at least 4 members (excludes halogenated alkanes) is 5. The van der Waals surface area contributed by atoms with Crippen molar-refractivity contribution >= 4 is 22.9 Å². The number of para-hydroxylation sites is 1. The minimum atomic E-state index is -0.647. The Labute approximate surface area is 193 Å². The monoisotopic (exact) mass is 443 g/mol. The van der Waals surface area contributed by atoms with Crippen LogP contribution in [-0.4, -0.2) is 47.6 Å². The van der Waals surface area contributed by atoms with Gasteiger partial charge >= 0.3 is 6.09 Å². The molecule has 0 spiro atoms. The smallest absolute Gasteiger partial charge is 0.407 e. The van der Waals surface area contributed by atoms with Crippen molar-refractivity contribution in [2.75, 3.05) is 19.7 Å². The molecule has 6 nitrogen and oxygen atoms in total. The van der Waals surface area contributed by atoms with E-state index in [2.05, 4.69) is 31.1 Å². The molecule has 0 aliphatic heterocycles. The first-order valence-corrected chi connectivity index (χ1v) is 12.4. The Morgan fingerprint density at radius 2 is 1.62 bits per heavy atom. The number of alkyl carbamates (subject to hydrolysis) is 1. The fourth-order valence-corrected chi connectivity index (χ4v) is 3.87. The third kappa shape index (κ3) is 8.21. The molecule has 1 aromatic heterocycles. The first kappa shape index (κ1) is 25.8. The van der Waals surface area contributed by atoms with Gasteiger partial charge in [0.05, 0.1) is 6.61 Å². The third-order valence-electron chi connectivity index (χ3n) is 5.80. The van der Waals surface area contributed by atoms with Crippen LogP contribution in [0.3, 0.4) is 0 Å². The van der Waals surface area contributed by atoms with E-state index in [1.165, 1.54) is 0 Å². The number of ether oxygens (including phenoxy) is 1. The maximum absolute atomic E-state index is 13.6. The van der Waals surface area contributed by atoms with Gasteiger partial charge in [0.15, 0.2) is 0 Å². The van der Waals surface area contributed by atoms with E-state index in [0.717, 1.165) is 80.9 Å². The highest BCUT2D eigenvalue weighted by molar-refractivity contribution is 5.88. The zero-order valence-corrected chi connectivity index (χ0v) is 20.1. The number of H-pyrrole nitrogens is 1. The topological polar surface area (TPSA) is 74.4 Å². The summed E-state index contributed by atoms with van der Waals surface area (Å²) in [7, 11) is 0. The van der Waals surface area contributed by atoms with Gasteiger partial charge in [-0.2, -0.15) is 0 Å². The van der Waals surface area contributed by atoms with E-state index in [0.29, 0.717) is 13.0 Å². The van der Waals surface area contributed by atoms with Gasteiger partial charge in [-0.25, -0.2) is 4.79 Å². The molecule has 0 aliphatic carbocycles. The zero-order valence-electron chi connectivity index (χ0n) is 20.1. The summed E-state index contributed by atoms with van der Waals surface area (Å²) >= 11 is 0. The molecule has 2 amide bonds. The summed E-state index contributed by atoms with van der Waals surface area (Å²) in [5.41, 5.74) is 2.05. The van der Waals surface area contributed by atoms with Gasteiger partial charge in [0.25, 0.3) is 0 Å². The summed E-state index contributed by atoms with van der Waals surface area (Å²) in [6.45, 7) is 8.21. The predicted octanol–water partition coefficient (Wildman–Crippen LogP) is 5.81. The van der Waals surface area contributed by atoms with Crippen molar-refractivity contribution < 1.29 is 14.3 Å². The lowest BCUT2D eigenvalue weighted by Gasteiger charge is -2.28. The second-order valence-corrected chi connectivity index (χ2v) is 8.49. The van der Waals surface area contributed by atoms with Crippen molar-refractivity contribution in [1.29, 1.82) is 0 Å². The summed E-state index contributed by atoms with van der Waals surface area (Å²) < 4.78 is 5.32. The van der Waals surface area contributed by atoms with Crippen LogP contribution in [0, 0.1) is 0 Å². The second-order valence-electron chi connectivity index (χ2n) is 8.49. The molecular formula is C26H41N3O3. The highest BCUT2D eigenvalue weighted by Crippen LogP contribution is 2.20. The van der Waals surface area contributed by atoms with E-state index < -0.39 is 12.1 Å². The number of aromatic amines is 1. The summed E-state index contributed by atoms with van der Waals surface area (Å²) in [6, 6.07) is 7.39. The Bertz CT molecular complexity index is 808. The van der Waals surface area contributed by atoms with Crippen LogP contribution in [0.25, 0.3) is 10.9 Å². The van der Waals surface area contributed by atoms with E-state index in [1.807, 2.05) is 35.4 Å². The number of hydrogen-bond acceptors (Lipinski definition) is 3. The van der Waals surface area contributed by atoms with Crippen LogP contribution in [0.4, 0.5) is 4.79 Å². The summed E-state index contributed by atoms with van der Waals surface area (Å²) in [5, 5.41) is 3.95. The van der Waals surface area contributed by atoms with Gasteiger partial charge in [-0.3, -0.25) is 4.79 Å². The third-order valence-corrected chi connectivity index (χ3v) is 5.80. The molecule has 1 atom stereocenters. The number of nitrogens with zero attached hydrogens (tertiary/aromatic N) is 1. The maximum atomic E-state index is 13.6. The van der Waals surface area contributed by atoms with Crippen molar-refractivity contribution in [1.82, 2.24) is 15.2 Å².